The molecule has 0 radical (unpaired) electrons. The van der Waals surface area contributed by atoms with E-state index >= 15 is 0 Å². The molecule has 5 heteroatoms. The quantitative estimate of drug-likeness (QED) is 0.727. The van der Waals surface area contributed by atoms with Crippen LogP contribution in [0, 0.1) is 28.6 Å². The van der Waals surface area contributed by atoms with Crippen LogP contribution in [0.25, 0.3) is 0 Å². The number of aliphatic hydroxyl groups excluding tert-OH is 1. The van der Waals surface area contributed by atoms with Crippen LogP contribution in [0.1, 0.15) is 59.3 Å². The van der Waals surface area contributed by atoms with E-state index < -0.39 is 11.5 Å². The zero-order chi connectivity index (χ0) is 18.9. The minimum atomic E-state index is -0.497. The number of carbonyl (C=O) groups is 3. The number of allylic oxidation sites excluding steroid dienone is 1. The lowest BCUT2D eigenvalue weighted by molar-refractivity contribution is -0.157. The van der Waals surface area contributed by atoms with Crippen LogP contribution in [-0.4, -0.2) is 34.9 Å². The van der Waals surface area contributed by atoms with Crippen molar-refractivity contribution in [3.05, 3.63) is 11.6 Å². The van der Waals surface area contributed by atoms with E-state index in [0.29, 0.717) is 19.3 Å². The van der Waals surface area contributed by atoms with Crippen LogP contribution in [0.15, 0.2) is 11.6 Å². The number of hydrogen-bond donors (Lipinski definition) is 1. The van der Waals surface area contributed by atoms with Crippen molar-refractivity contribution in [1.29, 1.82) is 0 Å². The SMILES string of the molecule is CC(=O)OC1CCC2(C)C(=CC(=O)C3C2C(=O)CC2(C)C(O)CCC32)C1. The highest BCUT2D eigenvalue weighted by molar-refractivity contribution is 6.00. The van der Waals surface area contributed by atoms with Gasteiger partial charge in [-0.2, -0.15) is 0 Å². The van der Waals surface area contributed by atoms with Crippen molar-refractivity contribution in [3.8, 4) is 0 Å². The molecule has 4 rings (SSSR count). The fraction of sp³-hybridized carbons (Fsp3) is 0.762. The average Bonchev–Trinajstić information content (AvgIpc) is 2.83. The maximum Gasteiger partial charge on any atom is 0.302 e. The van der Waals surface area contributed by atoms with Gasteiger partial charge in [0.05, 0.1) is 6.10 Å². The van der Waals surface area contributed by atoms with Gasteiger partial charge in [-0.3, -0.25) is 14.4 Å². The number of hydrogen-bond acceptors (Lipinski definition) is 5. The molecule has 0 bridgehead atoms. The summed E-state index contributed by atoms with van der Waals surface area (Å²) in [6, 6.07) is 0. The monoisotopic (exact) mass is 360 g/mol. The predicted octanol–water partition coefficient (Wildman–Crippen LogP) is 2.60. The van der Waals surface area contributed by atoms with Gasteiger partial charge in [-0.25, -0.2) is 0 Å². The van der Waals surface area contributed by atoms with Crippen molar-refractivity contribution in [2.75, 3.05) is 0 Å². The summed E-state index contributed by atoms with van der Waals surface area (Å²) in [4.78, 5) is 37.6. The Kier molecular flexibility index (Phi) is 3.96. The van der Waals surface area contributed by atoms with E-state index in [-0.39, 0.29) is 46.8 Å². The first-order chi connectivity index (χ1) is 12.2. The molecule has 5 nitrogen and oxygen atoms in total. The molecule has 7 unspecified atom stereocenters. The van der Waals surface area contributed by atoms with Crippen LogP contribution in [0.2, 0.25) is 0 Å². The summed E-state index contributed by atoms with van der Waals surface area (Å²) in [5.41, 5.74) is 0.169. The Balaban J connectivity index is 1.71. The number of rotatable bonds is 1. The Morgan fingerprint density at radius 1 is 1.23 bits per heavy atom. The lowest BCUT2D eigenvalue weighted by Gasteiger charge is -2.55. The molecule has 0 heterocycles. The van der Waals surface area contributed by atoms with E-state index in [1.807, 2.05) is 6.92 Å². The second-order valence-electron chi connectivity index (χ2n) is 9.32. The van der Waals surface area contributed by atoms with Crippen LogP contribution in [-0.2, 0) is 19.1 Å². The van der Waals surface area contributed by atoms with Crippen LogP contribution >= 0.6 is 0 Å². The maximum atomic E-state index is 13.2. The van der Waals surface area contributed by atoms with Gasteiger partial charge in [-0.05, 0) is 43.1 Å². The van der Waals surface area contributed by atoms with Gasteiger partial charge in [0.2, 0.25) is 0 Å². The molecule has 4 aliphatic rings. The minimum Gasteiger partial charge on any atom is -0.462 e. The molecule has 0 aromatic rings. The van der Waals surface area contributed by atoms with E-state index in [4.69, 9.17) is 4.74 Å². The number of ether oxygens (including phenoxy) is 1. The highest BCUT2D eigenvalue weighted by atomic mass is 16.5. The van der Waals surface area contributed by atoms with Crippen LogP contribution in [0.4, 0.5) is 0 Å². The van der Waals surface area contributed by atoms with E-state index in [0.717, 1.165) is 24.8 Å². The molecule has 0 spiro atoms. The van der Waals surface area contributed by atoms with Crippen LogP contribution in [0.5, 0.6) is 0 Å². The zero-order valence-corrected chi connectivity index (χ0v) is 15.8. The molecule has 142 valence electrons. The molecule has 0 aromatic carbocycles. The van der Waals surface area contributed by atoms with Crippen molar-refractivity contribution in [3.63, 3.8) is 0 Å². The maximum absolute atomic E-state index is 13.2. The highest BCUT2D eigenvalue weighted by Crippen LogP contribution is 2.63. The summed E-state index contributed by atoms with van der Waals surface area (Å²) in [6.07, 6.45) is 4.91. The summed E-state index contributed by atoms with van der Waals surface area (Å²) in [7, 11) is 0. The summed E-state index contributed by atoms with van der Waals surface area (Å²) >= 11 is 0. The standard InChI is InChI=1S/C21H28O5/c1-11(22)26-13-6-7-20(2)12(8-13)9-15(23)18-14-4-5-17(25)21(14,3)10-16(24)19(18)20/h9,13-14,17-19,25H,4-8,10H2,1-3H3. The van der Waals surface area contributed by atoms with Gasteiger partial charge in [0.15, 0.2) is 5.78 Å². The fourth-order valence-electron chi connectivity index (χ4n) is 6.50. The summed E-state index contributed by atoms with van der Waals surface area (Å²) in [6.45, 7) is 5.50. The molecule has 4 aliphatic carbocycles. The second kappa shape index (κ2) is 5.75. The number of aliphatic hydroxyl groups is 1. The van der Waals surface area contributed by atoms with E-state index in [1.54, 1.807) is 6.08 Å². The van der Waals surface area contributed by atoms with Crippen molar-refractivity contribution >= 4 is 17.5 Å². The molecule has 0 aromatic heterocycles. The number of ketones is 2. The third kappa shape index (κ3) is 2.35. The Morgan fingerprint density at radius 3 is 2.65 bits per heavy atom. The summed E-state index contributed by atoms with van der Waals surface area (Å²) < 4.78 is 5.37. The van der Waals surface area contributed by atoms with E-state index in [2.05, 4.69) is 6.92 Å². The second-order valence-corrected chi connectivity index (χ2v) is 9.32. The van der Waals surface area contributed by atoms with Gasteiger partial charge in [-0.15, -0.1) is 0 Å². The van der Waals surface area contributed by atoms with Crippen molar-refractivity contribution < 1.29 is 24.2 Å². The minimum absolute atomic E-state index is 0.0318. The Labute approximate surface area is 154 Å². The van der Waals surface area contributed by atoms with Gasteiger partial charge >= 0.3 is 5.97 Å². The first-order valence-electron chi connectivity index (χ1n) is 9.79. The van der Waals surface area contributed by atoms with E-state index in [9.17, 15) is 19.5 Å². The third-order valence-electron chi connectivity index (χ3n) is 7.88. The summed E-state index contributed by atoms with van der Waals surface area (Å²) in [5.74, 6) is -0.669. The smallest absolute Gasteiger partial charge is 0.302 e. The first kappa shape index (κ1) is 17.9. The molecule has 3 saturated carbocycles. The third-order valence-corrected chi connectivity index (χ3v) is 7.88. The molecule has 0 amide bonds. The zero-order valence-electron chi connectivity index (χ0n) is 15.8. The molecule has 0 saturated heterocycles. The molecule has 0 aliphatic heterocycles. The van der Waals surface area contributed by atoms with Crippen molar-refractivity contribution in [1.82, 2.24) is 0 Å². The molecular weight excluding hydrogens is 332 g/mol. The van der Waals surface area contributed by atoms with Gasteiger partial charge in [0, 0.05) is 37.0 Å². The Morgan fingerprint density at radius 2 is 1.96 bits per heavy atom. The lowest BCUT2D eigenvalue weighted by Crippen LogP contribution is -2.58. The number of esters is 1. The fourth-order valence-corrected chi connectivity index (χ4v) is 6.50. The van der Waals surface area contributed by atoms with Gasteiger partial charge in [0.1, 0.15) is 11.9 Å². The number of Topliss-reactive ketones (excluding diaryl/α,β-unsaturated/α-hetero) is 1. The number of carbonyl (C=O) groups excluding carboxylic acids is 3. The average molecular weight is 360 g/mol. The molecule has 26 heavy (non-hydrogen) atoms. The Hall–Kier alpha value is -1.49. The first-order valence-corrected chi connectivity index (χ1v) is 9.79. The van der Waals surface area contributed by atoms with E-state index in [1.165, 1.54) is 6.92 Å². The topological polar surface area (TPSA) is 80.7 Å². The van der Waals surface area contributed by atoms with Crippen molar-refractivity contribution in [2.24, 2.45) is 28.6 Å². The lowest BCUT2D eigenvalue weighted by atomic mass is 9.47. The number of fused-ring (bicyclic) bond motifs is 5. The van der Waals surface area contributed by atoms with Crippen LogP contribution < -0.4 is 0 Å². The van der Waals surface area contributed by atoms with Gasteiger partial charge < -0.3 is 9.84 Å². The largest absolute Gasteiger partial charge is 0.462 e. The normalized spacial score (nSPS) is 47.5. The molecule has 1 N–H and O–H groups in total. The van der Waals surface area contributed by atoms with Gasteiger partial charge in [0.25, 0.3) is 0 Å². The van der Waals surface area contributed by atoms with Crippen LogP contribution in [0.3, 0.4) is 0 Å². The van der Waals surface area contributed by atoms with Gasteiger partial charge in [-0.1, -0.05) is 19.4 Å². The molecule has 7 atom stereocenters. The van der Waals surface area contributed by atoms with Crippen molar-refractivity contribution in [2.45, 2.75) is 71.5 Å². The Bertz CT molecular complexity index is 709. The summed E-state index contributed by atoms with van der Waals surface area (Å²) in [5, 5.41) is 10.5. The molecule has 3 fully saturated rings. The highest BCUT2D eigenvalue weighted by Gasteiger charge is 2.64. The predicted molar refractivity (Wildman–Crippen MR) is 94.0 cm³/mol. The molecular formula is C21H28O5.